The number of benzene rings is 2. The lowest BCUT2D eigenvalue weighted by molar-refractivity contribution is -0.143. The minimum Gasteiger partial charge on any atom is -0.494 e. The molecule has 152 valence electrons. The largest absolute Gasteiger partial charge is 0.494 e. The zero-order chi connectivity index (χ0) is 20.8. The molecular formula is C20H19ClFN3O4. The lowest BCUT2D eigenvalue weighted by atomic mass is 10.2. The van der Waals surface area contributed by atoms with Crippen LogP contribution in [0.1, 0.15) is 19.8 Å². The number of aromatic nitrogens is 2. The smallest absolute Gasteiger partial charge is 0.305 e. The van der Waals surface area contributed by atoms with Crippen molar-refractivity contribution in [1.82, 2.24) is 9.97 Å². The SMILES string of the molecule is CCOC(=O)CCCOc1ccc2ncnc(N(O)c3ccc(F)c(Cl)c3)c2c1. The number of rotatable bonds is 8. The number of esters is 1. The van der Waals surface area contributed by atoms with Gasteiger partial charge in [-0.05, 0) is 49.7 Å². The number of carbonyl (C=O) groups is 1. The van der Waals surface area contributed by atoms with Gasteiger partial charge >= 0.3 is 5.97 Å². The van der Waals surface area contributed by atoms with E-state index in [1.807, 2.05) is 0 Å². The van der Waals surface area contributed by atoms with Crippen LogP contribution in [0.4, 0.5) is 15.9 Å². The first-order chi connectivity index (χ1) is 14.0. The zero-order valence-corrected chi connectivity index (χ0v) is 16.4. The first-order valence-corrected chi connectivity index (χ1v) is 9.34. The first-order valence-electron chi connectivity index (χ1n) is 8.97. The summed E-state index contributed by atoms with van der Waals surface area (Å²) in [5.41, 5.74) is 0.832. The van der Waals surface area contributed by atoms with Gasteiger partial charge in [0.2, 0.25) is 0 Å². The number of nitrogens with zero attached hydrogens (tertiary/aromatic N) is 3. The molecular weight excluding hydrogens is 401 g/mol. The van der Waals surface area contributed by atoms with E-state index in [-0.39, 0.29) is 28.9 Å². The van der Waals surface area contributed by atoms with E-state index in [0.29, 0.717) is 36.3 Å². The van der Waals surface area contributed by atoms with Crippen LogP contribution in [0, 0.1) is 5.82 Å². The van der Waals surface area contributed by atoms with E-state index in [4.69, 9.17) is 21.1 Å². The highest BCUT2D eigenvalue weighted by Crippen LogP contribution is 2.32. The fourth-order valence-electron chi connectivity index (χ4n) is 2.66. The maximum Gasteiger partial charge on any atom is 0.305 e. The van der Waals surface area contributed by atoms with Crippen molar-refractivity contribution in [3.05, 3.63) is 53.6 Å². The van der Waals surface area contributed by atoms with Gasteiger partial charge in [-0.15, -0.1) is 0 Å². The van der Waals surface area contributed by atoms with Gasteiger partial charge in [-0.2, -0.15) is 0 Å². The molecule has 3 aromatic rings. The van der Waals surface area contributed by atoms with E-state index in [1.54, 1.807) is 25.1 Å². The molecule has 1 heterocycles. The molecule has 1 N–H and O–H groups in total. The number of halogens is 2. The Bertz CT molecular complexity index is 1020. The topological polar surface area (TPSA) is 84.8 Å². The molecule has 0 atom stereocenters. The van der Waals surface area contributed by atoms with Crippen LogP contribution >= 0.6 is 11.6 Å². The number of ether oxygens (including phenoxy) is 2. The Labute approximate surface area is 171 Å². The number of hydrogen-bond donors (Lipinski definition) is 1. The highest BCUT2D eigenvalue weighted by molar-refractivity contribution is 6.31. The van der Waals surface area contributed by atoms with Crippen molar-refractivity contribution in [3.63, 3.8) is 0 Å². The fraction of sp³-hybridized carbons (Fsp3) is 0.250. The Morgan fingerprint density at radius 1 is 1.24 bits per heavy atom. The van der Waals surface area contributed by atoms with Crippen LogP contribution in [0.15, 0.2) is 42.7 Å². The van der Waals surface area contributed by atoms with Crippen molar-refractivity contribution in [1.29, 1.82) is 0 Å². The summed E-state index contributed by atoms with van der Waals surface area (Å²) in [4.78, 5) is 19.7. The van der Waals surface area contributed by atoms with E-state index in [9.17, 15) is 14.4 Å². The van der Waals surface area contributed by atoms with E-state index in [0.717, 1.165) is 11.1 Å². The summed E-state index contributed by atoms with van der Waals surface area (Å²) in [6, 6.07) is 8.98. The third kappa shape index (κ3) is 5.10. The second kappa shape index (κ2) is 9.49. The number of hydrogen-bond acceptors (Lipinski definition) is 7. The van der Waals surface area contributed by atoms with Gasteiger partial charge in [0.15, 0.2) is 5.82 Å². The maximum atomic E-state index is 13.4. The predicted octanol–water partition coefficient (Wildman–Crippen LogP) is 4.67. The van der Waals surface area contributed by atoms with Crippen molar-refractivity contribution in [2.24, 2.45) is 0 Å². The highest BCUT2D eigenvalue weighted by Gasteiger charge is 2.15. The normalized spacial score (nSPS) is 10.8. The van der Waals surface area contributed by atoms with Gasteiger partial charge in [0.1, 0.15) is 17.9 Å². The summed E-state index contributed by atoms with van der Waals surface area (Å²) >= 11 is 5.80. The van der Waals surface area contributed by atoms with Crippen LogP contribution < -0.4 is 9.80 Å². The van der Waals surface area contributed by atoms with Crippen LogP contribution in [0.25, 0.3) is 10.9 Å². The number of anilines is 2. The molecule has 0 aliphatic heterocycles. The van der Waals surface area contributed by atoms with Gasteiger partial charge in [0.25, 0.3) is 0 Å². The summed E-state index contributed by atoms with van der Waals surface area (Å²) in [7, 11) is 0. The van der Waals surface area contributed by atoms with Crippen molar-refractivity contribution in [2.45, 2.75) is 19.8 Å². The molecule has 0 bridgehead atoms. The first kappa shape index (κ1) is 20.8. The van der Waals surface area contributed by atoms with Crippen LogP contribution in [0.2, 0.25) is 5.02 Å². The van der Waals surface area contributed by atoms with E-state index in [1.165, 1.54) is 18.5 Å². The molecule has 0 saturated carbocycles. The van der Waals surface area contributed by atoms with Crippen molar-refractivity contribution >= 4 is 40.0 Å². The molecule has 0 unspecified atom stereocenters. The van der Waals surface area contributed by atoms with Gasteiger partial charge in [0.05, 0.1) is 29.4 Å². The van der Waals surface area contributed by atoms with E-state index in [2.05, 4.69) is 9.97 Å². The molecule has 29 heavy (non-hydrogen) atoms. The van der Waals surface area contributed by atoms with Crippen LogP contribution in [-0.2, 0) is 9.53 Å². The molecule has 1 aromatic heterocycles. The Morgan fingerprint density at radius 2 is 2.07 bits per heavy atom. The lowest BCUT2D eigenvalue weighted by Gasteiger charge is -2.18. The summed E-state index contributed by atoms with van der Waals surface area (Å²) in [5.74, 6) is -0.133. The molecule has 0 aliphatic rings. The minimum absolute atomic E-state index is 0.120. The van der Waals surface area contributed by atoms with Crippen LogP contribution in [0.5, 0.6) is 5.75 Å². The molecule has 0 saturated heterocycles. The van der Waals surface area contributed by atoms with Gasteiger partial charge in [-0.3, -0.25) is 10.0 Å². The second-order valence-electron chi connectivity index (χ2n) is 6.04. The summed E-state index contributed by atoms with van der Waals surface area (Å²) in [6.07, 6.45) is 2.09. The lowest BCUT2D eigenvalue weighted by Crippen LogP contribution is -2.13. The minimum atomic E-state index is -0.588. The Hall–Kier alpha value is -2.97. The van der Waals surface area contributed by atoms with Crippen molar-refractivity contribution in [2.75, 3.05) is 18.3 Å². The Morgan fingerprint density at radius 3 is 2.83 bits per heavy atom. The van der Waals surface area contributed by atoms with Gasteiger partial charge < -0.3 is 9.47 Å². The molecule has 9 heteroatoms. The monoisotopic (exact) mass is 419 g/mol. The Balaban J connectivity index is 1.79. The standard InChI is InChI=1S/C20H19ClFN3O4/c1-2-28-19(26)4-3-9-29-14-6-8-18-15(11-14)20(24-12-23-18)25(27)13-5-7-17(22)16(21)10-13/h5-8,10-12,27H,2-4,9H2,1H3. The Kier molecular flexibility index (Phi) is 6.79. The number of carbonyl (C=O) groups excluding carboxylic acids is 1. The third-order valence-electron chi connectivity index (χ3n) is 4.03. The van der Waals surface area contributed by atoms with Crippen molar-refractivity contribution in [3.8, 4) is 5.75 Å². The molecule has 0 fully saturated rings. The van der Waals surface area contributed by atoms with Gasteiger partial charge in [0, 0.05) is 11.8 Å². The molecule has 0 spiro atoms. The number of fused-ring (bicyclic) bond motifs is 1. The summed E-state index contributed by atoms with van der Waals surface area (Å²) in [5, 5.41) is 11.8. The molecule has 0 amide bonds. The van der Waals surface area contributed by atoms with Crippen molar-refractivity contribution < 1.29 is 23.9 Å². The third-order valence-corrected chi connectivity index (χ3v) is 4.32. The second-order valence-corrected chi connectivity index (χ2v) is 6.45. The summed E-state index contributed by atoms with van der Waals surface area (Å²) in [6.45, 7) is 2.43. The molecule has 2 aromatic carbocycles. The summed E-state index contributed by atoms with van der Waals surface area (Å²) < 4.78 is 24.0. The highest BCUT2D eigenvalue weighted by atomic mass is 35.5. The van der Waals surface area contributed by atoms with E-state index < -0.39 is 5.82 Å². The maximum absolute atomic E-state index is 13.4. The average Bonchev–Trinajstić information content (AvgIpc) is 2.72. The van der Waals surface area contributed by atoms with Crippen LogP contribution in [-0.4, -0.2) is 34.4 Å². The molecule has 7 nitrogen and oxygen atoms in total. The average molecular weight is 420 g/mol. The zero-order valence-electron chi connectivity index (χ0n) is 15.6. The van der Waals surface area contributed by atoms with Gasteiger partial charge in [-0.1, -0.05) is 11.6 Å². The molecule has 3 rings (SSSR count). The van der Waals surface area contributed by atoms with E-state index >= 15 is 0 Å². The molecule has 0 radical (unpaired) electrons. The van der Waals surface area contributed by atoms with Gasteiger partial charge in [-0.25, -0.2) is 19.4 Å². The quantitative estimate of drug-likeness (QED) is 0.322. The van der Waals surface area contributed by atoms with Crippen LogP contribution in [0.3, 0.4) is 0 Å². The molecule has 0 aliphatic carbocycles. The predicted molar refractivity (Wildman–Crippen MR) is 106 cm³/mol. The fourth-order valence-corrected chi connectivity index (χ4v) is 2.83.